The van der Waals surface area contributed by atoms with Crippen molar-refractivity contribution in [1.29, 1.82) is 0 Å². The molecule has 0 unspecified atom stereocenters. The molecule has 0 bridgehead atoms. The summed E-state index contributed by atoms with van der Waals surface area (Å²) in [7, 11) is 0. The van der Waals surface area contributed by atoms with Gasteiger partial charge >= 0.3 is 6.80 Å². The van der Waals surface area contributed by atoms with Gasteiger partial charge in [-0.1, -0.05) is 90.8 Å². The highest BCUT2D eigenvalue weighted by molar-refractivity contribution is 8.55. The van der Waals surface area contributed by atoms with Crippen molar-refractivity contribution < 1.29 is 13.6 Å². The number of hydrogen-bond acceptors (Lipinski definition) is 4. The zero-order valence-corrected chi connectivity index (χ0v) is 21.8. The molecule has 0 aliphatic carbocycles. The van der Waals surface area contributed by atoms with Gasteiger partial charge in [0.15, 0.2) is 0 Å². The molecule has 3 nitrogen and oxygen atoms in total. The topological polar surface area (TPSA) is 35.5 Å². The Morgan fingerprint density at radius 3 is 1.43 bits per heavy atom. The molecule has 2 aromatic rings. The third-order valence-corrected chi connectivity index (χ3v) is 8.65. The first-order valence-electron chi connectivity index (χ1n) is 10.5. The van der Waals surface area contributed by atoms with Crippen LogP contribution in [0.15, 0.2) is 36.4 Å². The summed E-state index contributed by atoms with van der Waals surface area (Å²) in [5.41, 5.74) is 4.05. The predicted molar refractivity (Wildman–Crippen MR) is 131 cm³/mol. The Hall–Kier alpha value is -1.38. The Labute approximate surface area is 187 Å². The predicted octanol–water partition coefficient (Wildman–Crippen LogP) is 8.61. The fourth-order valence-corrected chi connectivity index (χ4v) is 6.91. The monoisotopic (exact) mass is 448 g/mol. The van der Waals surface area contributed by atoms with E-state index in [2.05, 4.69) is 67.5 Å². The van der Waals surface area contributed by atoms with Gasteiger partial charge in [0, 0.05) is 16.4 Å². The van der Waals surface area contributed by atoms with Gasteiger partial charge in [0.1, 0.15) is 11.5 Å². The summed E-state index contributed by atoms with van der Waals surface area (Å²) < 4.78 is 26.5. The fraction of sp³-hybridized carbons (Fsp3) is 0.520. The van der Waals surface area contributed by atoms with Gasteiger partial charge in [-0.2, -0.15) is 0 Å². The van der Waals surface area contributed by atoms with Gasteiger partial charge in [0.2, 0.25) is 0 Å². The minimum Gasteiger partial charge on any atom is -0.408 e. The lowest BCUT2D eigenvalue weighted by molar-refractivity contribution is 0.395. The van der Waals surface area contributed by atoms with E-state index < -0.39 is 6.80 Å². The molecule has 0 fully saturated rings. The minimum absolute atomic E-state index is 0.0860. The average molecular weight is 449 g/mol. The van der Waals surface area contributed by atoms with Gasteiger partial charge in [-0.15, -0.1) is 0 Å². The van der Waals surface area contributed by atoms with Crippen molar-refractivity contribution in [3.8, 4) is 11.5 Å². The first-order valence-corrected chi connectivity index (χ1v) is 13.5. The first kappa shape index (κ1) is 24.9. The third kappa shape index (κ3) is 6.56. The largest absolute Gasteiger partial charge is 0.493 e. The summed E-state index contributed by atoms with van der Waals surface area (Å²) in [5.74, 6) is 1.24. The minimum atomic E-state index is -3.53. The number of aryl methyl sites for hydroxylation is 2. The first-order chi connectivity index (χ1) is 13.6. The van der Waals surface area contributed by atoms with Crippen LogP contribution in [0.3, 0.4) is 0 Å². The molecule has 5 heteroatoms. The average Bonchev–Trinajstić information content (AvgIpc) is 2.55. The zero-order chi connectivity index (χ0) is 22.9. The molecule has 0 amide bonds. The third-order valence-electron chi connectivity index (χ3n) is 4.65. The van der Waals surface area contributed by atoms with Gasteiger partial charge in [-0.25, -0.2) is 4.57 Å². The van der Waals surface area contributed by atoms with Crippen LogP contribution < -0.4 is 9.05 Å². The highest BCUT2D eigenvalue weighted by atomic mass is 32.7. The van der Waals surface area contributed by atoms with Crippen LogP contribution in [0.25, 0.3) is 0 Å². The summed E-state index contributed by atoms with van der Waals surface area (Å²) >= 11 is 1.25. The fourth-order valence-electron chi connectivity index (χ4n) is 3.18. The van der Waals surface area contributed by atoms with Crippen LogP contribution in [0.5, 0.6) is 11.5 Å². The van der Waals surface area contributed by atoms with E-state index in [9.17, 15) is 4.57 Å². The second-order valence-electron chi connectivity index (χ2n) is 10.3. The lowest BCUT2D eigenvalue weighted by atomic mass is 9.85. The SMILES string of the molecule is Cc1ccc(OP(=O)(Oc2ccc(C)cc2C(C)(C)C)SC(C)C)c(C(C)(C)C)c1. The van der Waals surface area contributed by atoms with E-state index in [1.54, 1.807) is 0 Å². The molecule has 2 rings (SSSR count). The van der Waals surface area contributed by atoms with Crippen molar-refractivity contribution in [2.24, 2.45) is 0 Å². The second kappa shape index (κ2) is 9.01. The van der Waals surface area contributed by atoms with Crippen LogP contribution in [0.2, 0.25) is 0 Å². The van der Waals surface area contributed by atoms with Crippen LogP contribution in [0.1, 0.15) is 77.6 Å². The summed E-state index contributed by atoms with van der Waals surface area (Å²) in [6.45, 7) is 17.4. The molecule has 0 atom stereocenters. The molecular formula is C25H37O3PS. The quantitative estimate of drug-likeness (QED) is 0.414. The molecule has 30 heavy (non-hydrogen) atoms. The normalized spacial score (nSPS) is 12.9. The highest BCUT2D eigenvalue weighted by Gasteiger charge is 2.35. The number of hydrogen-bond donors (Lipinski definition) is 0. The van der Waals surface area contributed by atoms with E-state index in [0.717, 1.165) is 22.3 Å². The van der Waals surface area contributed by atoms with E-state index in [1.165, 1.54) is 11.4 Å². The maximum Gasteiger partial charge on any atom is 0.493 e. The summed E-state index contributed by atoms with van der Waals surface area (Å²) in [6, 6.07) is 12.0. The Morgan fingerprint density at radius 1 is 0.767 bits per heavy atom. The summed E-state index contributed by atoms with van der Waals surface area (Å²) in [6.07, 6.45) is 0. The Balaban J connectivity index is 2.53. The van der Waals surface area contributed by atoms with Crippen molar-refractivity contribution >= 4 is 18.2 Å². The van der Waals surface area contributed by atoms with Crippen LogP contribution in [-0.2, 0) is 15.4 Å². The van der Waals surface area contributed by atoms with E-state index in [4.69, 9.17) is 9.05 Å². The van der Waals surface area contributed by atoms with Crippen LogP contribution >= 0.6 is 18.2 Å². The molecule has 0 aromatic heterocycles. The molecule has 0 spiro atoms. The van der Waals surface area contributed by atoms with Crippen molar-refractivity contribution in [2.75, 3.05) is 0 Å². The van der Waals surface area contributed by atoms with Crippen LogP contribution in [0.4, 0.5) is 0 Å². The van der Waals surface area contributed by atoms with E-state index in [0.29, 0.717) is 11.5 Å². The van der Waals surface area contributed by atoms with Gasteiger partial charge < -0.3 is 9.05 Å². The van der Waals surface area contributed by atoms with Crippen molar-refractivity contribution in [1.82, 2.24) is 0 Å². The number of rotatable bonds is 6. The van der Waals surface area contributed by atoms with Crippen molar-refractivity contribution in [2.45, 2.75) is 85.3 Å². The highest BCUT2D eigenvalue weighted by Crippen LogP contribution is 2.62. The maximum absolute atomic E-state index is 14.0. The van der Waals surface area contributed by atoms with Crippen molar-refractivity contribution in [3.05, 3.63) is 58.7 Å². The van der Waals surface area contributed by atoms with Gasteiger partial charge in [-0.05, 0) is 48.2 Å². The lowest BCUT2D eigenvalue weighted by Crippen LogP contribution is -2.15. The maximum atomic E-state index is 14.0. The Bertz CT molecular complexity index is 867. The molecule has 0 aliphatic heterocycles. The van der Waals surface area contributed by atoms with Crippen LogP contribution in [-0.4, -0.2) is 5.25 Å². The molecule has 0 aliphatic rings. The molecule has 0 saturated heterocycles. The van der Waals surface area contributed by atoms with E-state index >= 15 is 0 Å². The standard InChI is InChI=1S/C25H37O3PS/c1-17(2)30-29(26,27-22-13-11-18(3)15-20(22)24(5,6)7)28-23-14-12-19(4)16-21(23)25(8,9)10/h11-17H,1-10H3. The molecule has 0 saturated carbocycles. The molecule has 166 valence electrons. The smallest absolute Gasteiger partial charge is 0.408 e. The van der Waals surface area contributed by atoms with Crippen LogP contribution in [0, 0.1) is 13.8 Å². The Kier molecular flexibility index (Phi) is 7.47. The van der Waals surface area contributed by atoms with Gasteiger partial charge in [0.25, 0.3) is 0 Å². The zero-order valence-electron chi connectivity index (χ0n) is 20.1. The van der Waals surface area contributed by atoms with E-state index in [-0.39, 0.29) is 16.1 Å². The van der Waals surface area contributed by atoms with Gasteiger partial charge in [-0.3, -0.25) is 0 Å². The van der Waals surface area contributed by atoms with Gasteiger partial charge in [0.05, 0.1) is 0 Å². The molecule has 0 heterocycles. The summed E-state index contributed by atoms with van der Waals surface area (Å²) in [4.78, 5) is 0. The molecule has 2 aromatic carbocycles. The molecule has 0 N–H and O–H groups in total. The summed E-state index contributed by atoms with van der Waals surface area (Å²) in [5, 5.41) is 0.0860. The molecular weight excluding hydrogens is 411 g/mol. The second-order valence-corrected chi connectivity index (χ2v) is 14.7. The molecule has 0 radical (unpaired) electrons. The lowest BCUT2D eigenvalue weighted by Gasteiger charge is -2.29. The van der Waals surface area contributed by atoms with Crippen molar-refractivity contribution in [3.63, 3.8) is 0 Å². The Morgan fingerprint density at radius 2 is 1.13 bits per heavy atom. The van der Waals surface area contributed by atoms with E-state index in [1.807, 2.05) is 38.1 Å². The number of benzene rings is 2.